The van der Waals surface area contributed by atoms with Gasteiger partial charge in [-0.15, -0.1) is 10.2 Å². The van der Waals surface area contributed by atoms with Crippen molar-refractivity contribution in [2.24, 2.45) is 7.05 Å². The van der Waals surface area contributed by atoms with Crippen LogP contribution in [0.4, 0.5) is 5.69 Å². The molecule has 1 aliphatic heterocycles. The Bertz CT molecular complexity index is 906. The van der Waals surface area contributed by atoms with Crippen molar-refractivity contribution in [2.75, 3.05) is 18.5 Å². The first-order valence-corrected chi connectivity index (χ1v) is 9.30. The first-order chi connectivity index (χ1) is 12.7. The summed E-state index contributed by atoms with van der Waals surface area (Å²) in [4.78, 5) is 4.40. The lowest BCUT2D eigenvalue weighted by atomic mass is 9.75. The molecule has 7 heteroatoms. The van der Waals surface area contributed by atoms with Crippen LogP contribution in [0.15, 0.2) is 53.4 Å². The number of anilines is 1. The number of ether oxygens (including phenoxy) is 1. The molecule has 3 heterocycles. The molecule has 2 aromatic heterocycles. The summed E-state index contributed by atoms with van der Waals surface area (Å²) in [5.41, 5.74) is 3.28. The maximum absolute atomic E-state index is 5.57. The summed E-state index contributed by atoms with van der Waals surface area (Å²) < 4.78 is 8.55. The largest absolute Gasteiger partial charge is 0.379 e. The summed E-state index contributed by atoms with van der Waals surface area (Å²) in [6, 6.07) is 12.5. The lowest BCUT2D eigenvalue weighted by Gasteiger charge is -2.41. The van der Waals surface area contributed by atoms with Crippen LogP contribution in [0.25, 0.3) is 0 Å². The molecule has 0 spiro atoms. The molecule has 134 valence electrons. The summed E-state index contributed by atoms with van der Waals surface area (Å²) in [5.74, 6) is 0.976. The highest BCUT2D eigenvalue weighted by molar-refractivity contribution is 9.10. The van der Waals surface area contributed by atoms with Gasteiger partial charge >= 0.3 is 0 Å². The second-order valence-electron chi connectivity index (χ2n) is 6.67. The number of aryl methyl sites for hydroxylation is 1. The number of halogens is 1. The zero-order valence-electron chi connectivity index (χ0n) is 14.5. The zero-order chi connectivity index (χ0) is 18.0. The molecule has 0 atom stereocenters. The molecule has 1 N–H and O–H groups in total. The van der Waals surface area contributed by atoms with Crippen molar-refractivity contribution in [3.63, 3.8) is 0 Å². The van der Waals surface area contributed by atoms with Gasteiger partial charge in [0.15, 0.2) is 0 Å². The minimum atomic E-state index is -0.0376. The molecular weight excluding hydrogens is 394 g/mol. The van der Waals surface area contributed by atoms with E-state index in [0.717, 1.165) is 28.1 Å². The standard InChI is InChI=1S/C19H20BrN5O/c1-25-13-23-24-18(25)9-19(11-26-12-19)14-4-2-5-15(8-14)22-10-17-16(20)6-3-7-21-17/h2-8,13,22H,9-12H2,1H3. The molecular formula is C19H20BrN5O. The average Bonchev–Trinajstić information content (AvgIpc) is 3.02. The number of hydrogen-bond acceptors (Lipinski definition) is 5. The highest BCUT2D eigenvalue weighted by Crippen LogP contribution is 2.36. The molecule has 1 aliphatic rings. The van der Waals surface area contributed by atoms with E-state index in [0.29, 0.717) is 19.8 Å². The van der Waals surface area contributed by atoms with Gasteiger partial charge in [-0.25, -0.2) is 0 Å². The van der Waals surface area contributed by atoms with Gasteiger partial charge in [-0.2, -0.15) is 0 Å². The first kappa shape index (κ1) is 17.2. The van der Waals surface area contributed by atoms with Gasteiger partial charge < -0.3 is 14.6 Å². The van der Waals surface area contributed by atoms with Crippen LogP contribution in [-0.4, -0.2) is 33.0 Å². The van der Waals surface area contributed by atoms with Crippen molar-refractivity contribution in [3.8, 4) is 0 Å². The molecule has 6 nitrogen and oxygen atoms in total. The molecule has 0 aliphatic carbocycles. The van der Waals surface area contributed by atoms with Crippen molar-refractivity contribution in [1.29, 1.82) is 0 Å². The highest BCUT2D eigenvalue weighted by Gasteiger charge is 2.41. The maximum Gasteiger partial charge on any atom is 0.133 e. The molecule has 0 saturated carbocycles. The summed E-state index contributed by atoms with van der Waals surface area (Å²) in [6.07, 6.45) is 4.36. The third-order valence-electron chi connectivity index (χ3n) is 4.83. The van der Waals surface area contributed by atoms with Crippen LogP contribution >= 0.6 is 15.9 Å². The third-order valence-corrected chi connectivity index (χ3v) is 5.55. The summed E-state index contributed by atoms with van der Waals surface area (Å²) in [7, 11) is 1.98. The van der Waals surface area contributed by atoms with Crippen molar-refractivity contribution >= 4 is 21.6 Å². The molecule has 0 bridgehead atoms. The Hall–Kier alpha value is -2.25. The summed E-state index contributed by atoms with van der Waals surface area (Å²) in [6.45, 7) is 2.07. The van der Waals surface area contributed by atoms with Gasteiger partial charge in [-0.1, -0.05) is 12.1 Å². The predicted molar refractivity (Wildman–Crippen MR) is 103 cm³/mol. The van der Waals surface area contributed by atoms with E-state index in [1.165, 1.54) is 5.56 Å². The second-order valence-corrected chi connectivity index (χ2v) is 7.53. The van der Waals surface area contributed by atoms with Gasteiger partial charge in [-0.3, -0.25) is 4.98 Å². The molecule has 26 heavy (non-hydrogen) atoms. The number of nitrogens with one attached hydrogen (secondary N) is 1. The Morgan fingerprint density at radius 2 is 2.15 bits per heavy atom. The van der Waals surface area contributed by atoms with Gasteiger partial charge in [-0.05, 0) is 45.8 Å². The number of nitrogens with zero attached hydrogens (tertiary/aromatic N) is 4. The average molecular weight is 414 g/mol. The van der Waals surface area contributed by atoms with E-state index in [2.05, 4.69) is 60.7 Å². The molecule has 3 aromatic rings. The van der Waals surface area contributed by atoms with Gasteiger partial charge in [0.2, 0.25) is 0 Å². The smallest absolute Gasteiger partial charge is 0.133 e. The fraction of sp³-hybridized carbons (Fsp3) is 0.316. The monoisotopic (exact) mass is 413 g/mol. The lowest BCUT2D eigenvalue weighted by molar-refractivity contribution is -0.0610. The van der Waals surface area contributed by atoms with Crippen molar-refractivity contribution in [2.45, 2.75) is 18.4 Å². The quantitative estimate of drug-likeness (QED) is 0.672. The summed E-state index contributed by atoms with van der Waals surface area (Å²) >= 11 is 3.54. The Kier molecular flexibility index (Phi) is 4.74. The van der Waals surface area contributed by atoms with Crippen molar-refractivity contribution < 1.29 is 4.74 Å². The fourth-order valence-electron chi connectivity index (χ4n) is 3.18. The van der Waals surface area contributed by atoms with Crippen LogP contribution in [0.2, 0.25) is 0 Å². The Labute approximate surface area is 160 Å². The molecule has 0 unspecified atom stereocenters. The topological polar surface area (TPSA) is 64.9 Å². The van der Waals surface area contributed by atoms with Crippen molar-refractivity contribution in [3.05, 3.63) is 70.5 Å². The fourth-order valence-corrected chi connectivity index (χ4v) is 3.58. The van der Waals surface area contributed by atoms with Crippen LogP contribution < -0.4 is 5.32 Å². The Morgan fingerprint density at radius 3 is 2.85 bits per heavy atom. The number of pyridine rings is 1. The van der Waals surface area contributed by atoms with E-state index < -0.39 is 0 Å². The van der Waals surface area contributed by atoms with Crippen LogP contribution in [0, 0.1) is 0 Å². The minimum Gasteiger partial charge on any atom is -0.379 e. The molecule has 1 saturated heterocycles. The van der Waals surface area contributed by atoms with E-state index in [-0.39, 0.29) is 5.41 Å². The second kappa shape index (κ2) is 7.17. The van der Waals surface area contributed by atoms with E-state index in [1.54, 1.807) is 12.5 Å². The molecule has 4 rings (SSSR count). The van der Waals surface area contributed by atoms with Crippen molar-refractivity contribution in [1.82, 2.24) is 19.7 Å². The summed E-state index contributed by atoms with van der Waals surface area (Å²) in [5, 5.41) is 11.7. The van der Waals surface area contributed by atoms with Crippen LogP contribution in [0.1, 0.15) is 17.1 Å². The van der Waals surface area contributed by atoms with E-state index >= 15 is 0 Å². The molecule has 0 amide bonds. The predicted octanol–water partition coefficient (Wildman–Crippen LogP) is 3.10. The normalized spacial score (nSPS) is 15.5. The highest BCUT2D eigenvalue weighted by atomic mass is 79.9. The van der Waals surface area contributed by atoms with Crippen LogP contribution in [-0.2, 0) is 30.2 Å². The number of benzene rings is 1. The molecule has 0 radical (unpaired) electrons. The maximum atomic E-state index is 5.57. The van der Waals surface area contributed by atoms with Gasteiger partial charge in [0.1, 0.15) is 12.2 Å². The zero-order valence-corrected chi connectivity index (χ0v) is 16.1. The minimum absolute atomic E-state index is 0.0376. The Morgan fingerprint density at radius 1 is 1.27 bits per heavy atom. The van der Waals surface area contributed by atoms with Gasteiger partial charge in [0, 0.05) is 35.2 Å². The number of rotatable bonds is 6. The third kappa shape index (κ3) is 3.37. The molecule has 1 aromatic carbocycles. The van der Waals surface area contributed by atoms with Crippen LogP contribution in [0.3, 0.4) is 0 Å². The van der Waals surface area contributed by atoms with Gasteiger partial charge in [0.05, 0.1) is 25.5 Å². The number of aromatic nitrogens is 4. The lowest BCUT2D eigenvalue weighted by Crippen LogP contribution is -2.49. The van der Waals surface area contributed by atoms with E-state index in [1.807, 2.05) is 23.7 Å². The number of hydrogen-bond donors (Lipinski definition) is 1. The molecule has 1 fully saturated rings. The van der Waals surface area contributed by atoms with E-state index in [4.69, 9.17) is 4.74 Å². The van der Waals surface area contributed by atoms with Gasteiger partial charge in [0.25, 0.3) is 0 Å². The van der Waals surface area contributed by atoms with E-state index in [9.17, 15) is 0 Å². The SMILES string of the molecule is Cn1cnnc1CC1(c2cccc(NCc3ncccc3Br)c2)COC1. The first-order valence-electron chi connectivity index (χ1n) is 8.51. The Balaban J connectivity index is 1.53. The van der Waals surface area contributed by atoms with Crippen LogP contribution in [0.5, 0.6) is 0 Å².